The number of nitrogens with one attached hydrogen (secondary N) is 1. The molecule has 1 aromatic rings. The first-order chi connectivity index (χ1) is 8.63. The second-order valence-corrected chi connectivity index (χ2v) is 6.07. The van der Waals surface area contributed by atoms with Gasteiger partial charge in [0.25, 0.3) is 0 Å². The van der Waals surface area contributed by atoms with Crippen molar-refractivity contribution in [2.24, 2.45) is 0 Å². The summed E-state index contributed by atoms with van der Waals surface area (Å²) in [5, 5.41) is 3.19. The van der Waals surface area contributed by atoms with Gasteiger partial charge in [-0.3, -0.25) is 4.79 Å². The molecule has 1 aromatic carbocycles. The normalized spacial score (nSPS) is 14.4. The van der Waals surface area contributed by atoms with Crippen molar-refractivity contribution in [3.63, 3.8) is 0 Å². The lowest BCUT2D eigenvalue weighted by Crippen LogP contribution is -2.37. The minimum Gasteiger partial charge on any atom is -0.374 e. The van der Waals surface area contributed by atoms with E-state index < -0.39 is 0 Å². The molecule has 0 aliphatic heterocycles. The second-order valence-electron chi connectivity index (χ2n) is 4.36. The van der Waals surface area contributed by atoms with Crippen molar-refractivity contribution in [2.45, 2.75) is 25.8 Å². The Labute approximate surface area is 124 Å². The van der Waals surface area contributed by atoms with Crippen LogP contribution in [-0.4, -0.2) is 29.9 Å². The summed E-state index contributed by atoms with van der Waals surface area (Å²) in [4.78, 5) is 14.0. The third-order valence-electron chi connectivity index (χ3n) is 3.03. The lowest BCUT2D eigenvalue weighted by Gasteiger charge is -2.21. The van der Waals surface area contributed by atoms with Crippen LogP contribution in [0.25, 0.3) is 0 Å². The summed E-state index contributed by atoms with van der Waals surface area (Å²) in [5.74, 6) is 0.169. The average molecular weight is 376 g/mol. The van der Waals surface area contributed by atoms with E-state index in [4.69, 9.17) is 0 Å². The summed E-state index contributed by atoms with van der Waals surface area (Å²) in [5.41, 5.74) is 0.928. The van der Waals surface area contributed by atoms with Crippen LogP contribution in [-0.2, 0) is 4.79 Å². The monoisotopic (exact) mass is 374 g/mol. The molecule has 0 unspecified atom stereocenters. The van der Waals surface area contributed by atoms with E-state index in [0.29, 0.717) is 12.6 Å². The van der Waals surface area contributed by atoms with Gasteiger partial charge in [-0.25, -0.2) is 0 Å². The predicted octanol–water partition coefficient (Wildman–Crippen LogP) is 3.63. The molecule has 0 aromatic heterocycles. The highest BCUT2D eigenvalue weighted by Crippen LogP contribution is 2.31. The first-order valence-corrected chi connectivity index (χ1v) is 7.69. The summed E-state index contributed by atoms with van der Waals surface area (Å²) in [6, 6.07) is 6.34. The quantitative estimate of drug-likeness (QED) is 0.852. The molecule has 1 aliphatic carbocycles. The van der Waals surface area contributed by atoms with Crippen LogP contribution in [0, 0.1) is 0 Å². The Morgan fingerprint density at radius 1 is 1.39 bits per heavy atom. The predicted molar refractivity (Wildman–Crippen MR) is 80.7 cm³/mol. The lowest BCUT2D eigenvalue weighted by atomic mass is 10.3. The minimum absolute atomic E-state index is 0.169. The van der Waals surface area contributed by atoms with Crippen molar-refractivity contribution in [3.05, 3.63) is 27.1 Å². The zero-order valence-corrected chi connectivity index (χ0v) is 13.4. The van der Waals surface area contributed by atoms with E-state index in [2.05, 4.69) is 37.2 Å². The number of likely N-dealkylation sites (N-methyl/N-ethyl adjacent to an activating group) is 1. The van der Waals surface area contributed by atoms with E-state index in [1.165, 1.54) is 0 Å². The fourth-order valence-corrected chi connectivity index (χ4v) is 3.24. The molecule has 1 fully saturated rings. The van der Waals surface area contributed by atoms with Crippen molar-refractivity contribution in [2.75, 3.05) is 18.4 Å². The van der Waals surface area contributed by atoms with E-state index in [9.17, 15) is 4.79 Å². The molecule has 1 saturated carbocycles. The van der Waals surface area contributed by atoms with E-state index in [1.54, 1.807) is 0 Å². The van der Waals surface area contributed by atoms with Crippen LogP contribution in [0.5, 0.6) is 0 Å². The van der Waals surface area contributed by atoms with Gasteiger partial charge >= 0.3 is 0 Å². The van der Waals surface area contributed by atoms with Crippen LogP contribution in [0.3, 0.4) is 0 Å². The van der Waals surface area contributed by atoms with E-state index in [0.717, 1.165) is 34.0 Å². The van der Waals surface area contributed by atoms with Gasteiger partial charge in [-0.1, -0.05) is 6.07 Å². The average Bonchev–Trinajstić information content (AvgIpc) is 3.14. The lowest BCUT2D eigenvalue weighted by molar-refractivity contribution is -0.129. The molecule has 0 spiro atoms. The molecule has 0 radical (unpaired) electrons. The number of benzene rings is 1. The highest BCUT2D eigenvalue weighted by molar-refractivity contribution is 9.11. The smallest absolute Gasteiger partial charge is 0.242 e. The van der Waals surface area contributed by atoms with Crippen LogP contribution in [0.1, 0.15) is 19.8 Å². The third kappa shape index (κ3) is 3.26. The molecule has 2 rings (SSSR count). The number of hydrogen-bond donors (Lipinski definition) is 1. The molecule has 98 valence electrons. The summed E-state index contributed by atoms with van der Waals surface area (Å²) < 4.78 is 1.92. The van der Waals surface area contributed by atoms with Crippen LogP contribution >= 0.6 is 31.9 Å². The number of para-hydroxylation sites is 1. The molecule has 3 nitrogen and oxygen atoms in total. The van der Waals surface area contributed by atoms with Crippen molar-refractivity contribution >= 4 is 43.5 Å². The van der Waals surface area contributed by atoms with E-state index >= 15 is 0 Å². The SMILES string of the molecule is CCN(C(=O)CNc1c(Br)cccc1Br)C1CC1. The first-order valence-electron chi connectivity index (χ1n) is 6.10. The number of amides is 1. The van der Waals surface area contributed by atoms with Crippen LogP contribution < -0.4 is 5.32 Å². The maximum atomic E-state index is 12.1. The summed E-state index contributed by atoms with van der Waals surface area (Å²) in [6.45, 7) is 3.17. The van der Waals surface area contributed by atoms with Gasteiger partial charge in [0.05, 0.1) is 12.2 Å². The number of rotatable bonds is 5. The fourth-order valence-electron chi connectivity index (χ4n) is 1.96. The number of nitrogens with zero attached hydrogens (tertiary/aromatic N) is 1. The highest BCUT2D eigenvalue weighted by Gasteiger charge is 2.30. The Kier molecular flexibility index (Phi) is 4.67. The number of hydrogen-bond acceptors (Lipinski definition) is 2. The summed E-state index contributed by atoms with van der Waals surface area (Å²) in [7, 11) is 0. The molecular formula is C13H16Br2N2O. The molecule has 5 heteroatoms. The number of halogens is 2. The fraction of sp³-hybridized carbons (Fsp3) is 0.462. The Balaban J connectivity index is 1.96. The standard InChI is InChI=1S/C13H16Br2N2O/c1-2-17(9-6-7-9)12(18)8-16-13-10(14)4-3-5-11(13)15/h3-5,9,16H,2,6-8H2,1H3. The summed E-state index contributed by atoms with van der Waals surface area (Å²) in [6.07, 6.45) is 2.30. The Hall–Kier alpha value is -0.550. The van der Waals surface area contributed by atoms with Gasteiger partial charge in [-0.15, -0.1) is 0 Å². The maximum Gasteiger partial charge on any atom is 0.242 e. The van der Waals surface area contributed by atoms with Crippen LogP contribution in [0.2, 0.25) is 0 Å². The molecule has 1 N–H and O–H groups in total. The van der Waals surface area contributed by atoms with Gasteiger partial charge in [0.15, 0.2) is 0 Å². The Morgan fingerprint density at radius 2 is 2.00 bits per heavy atom. The molecule has 0 atom stereocenters. The van der Waals surface area contributed by atoms with Gasteiger partial charge < -0.3 is 10.2 Å². The van der Waals surface area contributed by atoms with Crippen molar-refractivity contribution in [1.29, 1.82) is 0 Å². The Bertz CT molecular complexity index is 426. The largest absolute Gasteiger partial charge is 0.374 e. The molecule has 1 aliphatic rings. The van der Waals surface area contributed by atoms with Crippen molar-refractivity contribution in [1.82, 2.24) is 4.90 Å². The topological polar surface area (TPSA) is 32.3 Å². The molecule has 0 saturated heterocycles. The van der Waals surface area contributed by atoms with Gasteiger partial charge in [0.1, 0.15) is 0 Å². The number of carbonyl (C=O) groups excluding carboxylic acids is 1. The molecule has 1 amide bonds. The molecule has 18 heavy (non-hydrogen) atoms. The van der Waals surface area contributed by atoms with Crippen LogP contribution in [0.15, 0.2) is 27.1 Å². The second kappa shape index (κ2) is 6.06. The first kappa shape index (κ1) is 13.9. The zero-order chi connectivity index (χ0) is 13.1. The maximum absolute atomic E-state index is 12.1. The van der Waals surface area contributed by atoms with Gasteiger partial charge in [-0.05, 0) is 63.8 Å². The minimum atomic E-state index is 0.169. The van der Waals surface area contributed by atoms with Gasteiger partial charge in [0.2, 0.25) is 5.91 Å². The number of carbonyl (C=O) groups is 1. The van der Waals surface area contributed by atoms with Crippen molar-refractivity contribution in [3.8, 4) is 0 Å². The van der Waals surface area contributed by atoms with Gasteiger partial charge in [-0.2, -0.15) is 0 Å². The van der Waals surface area contributed by atoms with Crippen molar-refractivity contribution < 1.29 is 4.79 Å². The van der Waals surface area contributed by atoms with E-state index in [1.807, 2.05) is 30.0 Å². The van der Waals surface area contributed by atoms with Gasteiger partial charge in [0, 0.05) is 21.5 Å². The van der Waals surface area contributed by atoms with E-state index in [-0.39, 0.29) is 5.91 Å². The third-order valence-corrected chi connectivity index (χ3v) is 4.35. The Morgan fingerprint density at radius 3 is 2.50 bits per heavy atom. The summed E-state index contributed by atoms with van der Waals surface area (Å²) >= 11 is 6.95. The highest BCUT2D eigenvalue weighted by atomic mass is 79.9. The molecule has 0 heterocycles. The number of anilines is 1. The molecular weight excluding hydrogens is 360 g/mol. The zero-order valence-electron chi connectivity index (χ0n) is 10.2. The molecule has 0 bridgehead atoms. The van der Waals surface area contributed by atoms with Crippen LogP contribution in [0.4, 0.5) is 5.69 Å².